The van der Waals surface area contributed by atoms with Gasteiger partial charge in [-0.1, -0.05) is 24.3 Å². The van der Waals surface area contributed by atoms with Gasteiger partial charge >= 0.3 is 0 Å². The molecule has 3 heteroatoms. The number of rotatable bonds is 7. The minimum absolute atomic E-state index is 0.163. The number of hydrogen-bond acceptors (Lipinski definition) is 3. The molecule has 0 aliphatic heterocycles. The van der Waals surface area contributed by atoms with Gasteiger partial charge in [-0.05, 0) is 39.1 Å². The van der Waals surface area contributed by atoms with Crippen LogP contribution in [0, 0.1) is 0 Å². The maximum atomic E-state index is 5.22. The summed E-state index contributed by atoms with van der Waals surface area (Å²) in [5, 5.41) is 3.52. The molecule has 18 heavy (non-hydrogen) atoms. The molecule has 0 aromatic heterocycles. The lowest BCUT2D eigenvalue weighted by Gasteiger charge is -2.32. The summed E-state index contributed by atoms with van der Waals surface area (Å²) in [7, 11) is 5.96. The van der Waals surface area contributed by atoms with Crippen LogP contribution in [0.15, 0.2) is 24.3 Å². The molecule has 1 N–H and O–H groups in total. The van der Waals surface area contributed by atoms with Crippen molar-refractivity contribution in [2.45, 2.75) is 32.5 Å². The van der Waals surface area contributed by atoms with E-state index in [1.807, 2.05) is 0 Å². The van der Waals surface area contributed by atoms with E-state index in [1.165, 1.54) is 11.1 Å². The number of benzene rings is 1. The van der Waals surface area contributed by atoms with Crippen molar-refractivity contribution in [2.75, 3.05) is 27.7 Å². The quantitative estimate of drug-likeness (QED) is 0.803. The van der Waals surface area contributed by atoms with Gasteiger partial charge in [0.1, 0.15) is 0 Å². The fourth-order valence-electron chi connectivity index (χ4n) is 1.69. The van der Waals surface area contributed by atoms with Gasteiger partial charge in [-0.3, -0.25) is 0 Å². The molecule has 0 fully saturated rings. The normalized spacial score (nSPS) is 12.1. The molecule has 0 radical (unpaired) electrons. The molecule has 0 bridgehead atoms. The molecule has 1 rings (SSSR count). The SMILES string of the molecule is COCc1ccccc1CNCC(C)(C)N(C)C. The number of hydrogen-bond donors (Lipinski definition) is 1. The van der Waals surface area contributed by atoms with E-state index in [2.05, 4.69) is 62.4 Å². The molecule has 0 aliphatic rings. The molecule has 0 atom stereocenters. The highest BCUT2D eigenvalue weighted by Gasteiger charge is 2.19. The highest BCUT2D eigenvalue weighted by atomic mass is 16.5. The molecular formula is C15H26N2O. The molecule has 0 amide bonds. The minimum Gasteiger partial charge on any atom is -0.380 e. The van der Waals surface area contributed by atoms with Crippen molar-refractivity contribution in [2.24, 2.45) is 0 Å². The number of nitrogens with one attached hydrogen (secondary N) is 1. The van der Waals surface area contributed by atoms with Crippen LogP contribution in [0.2, 0.25) is 0 Å². The zero-order valence-corrected chi connectivity index (χ0v) is 12.3. The van der Waals surface area contributed by atoms with E-state index in [0.717, 1.165) is 13.1 Å². The summed E-state index contributed by atoms with van der Waals surface area (Å²) in [6.45, 7) is 7.00. The van der Waals surface area contributed by atoms with Crippen molar-refractivity contribution in [1.82, 2.24) is 10.2 Å². The van der Waals surface area contributed by atoms with Crippen molar-refractivity contribution in [3.63, 3.8) is 0 Å². The second kappa shape index (κ2) is 6.88. The Bertz CT molecular complexity index is 361. The van der Waals surface area contributed by atoms with E-state index >= 15 is 0 Å². The Morgan fingerprint density at radius 2 is 1.78 bits per heavy atom. The molecule has 0 saturated heterocycles. The average molecular weight is 250 g/mol. The second-order valence-electron chi connectivity index (χ2n) is 5.51. The van der Waals surface area contributed by atoms with E-state index in [1.54, 1.807) is 7.11 Å². The van der Waals surface area contributed by atoms with Gasteiger partial charge in [0.2, 0.25) is 0 Å². The Balaban J connectivity index is 2.53. The molecule has 0 unspecified atom stereocenters. The third kappa shape index (κ3) is 4.41. The monoisotopic (exact) mass is 250 g/mol. The van der Waals surface area contributed by atoms with Gasteiger partial charge in [-0.15, -0.1) is 0 Å². The lowest BCUT2D eigenvalue weighted by molar-refractivity contribution is 0.182. The molecule has 0 spiro atoms. The Morgan fingerprint density at radius 3 is 2.33 bits per heavy atom. The van der Waals surface area contributed by atoms with Gasteiger partial charge in [0.25, 0.3) is 0 Å². The van der Waals surface area contributed by atoms with Gasteiger partial charge in [0.15, 0.2) is 0 Å². The predicted molar refractivity (Wildman–Crippen MR) is 76.6 cm³/mol. The molecule has 0 saturated carbocycles. The van der Waals surface area contributed by atoms with E-state index in [-0.39, 0.29) is 5.54 Å². The highest BCUT2D eigenvalue weighted by Crippen LogP contribution is 2.11. The number of ether oxygens (including phenoxy) is 1. The van der Waals surface area contributed by atoms with E-state index < -0.39 is 0 Å². The van der Waals surface area contributed by atoms with Crippen molar-refractivity contribution >= 4 is 0 Å². The standard InChI is InChI=1S/C15H26N2O/c1-15(2,17(3)4)12-16-10-13-8-6-7-9-14(13)11-18-5/h6-9,16H,10-12H2,1-5H3. The lowest BCUT2D eigenvalue weighted by atomic mass is 10.0. The van der Waals surface area contributed by atoms with Gasteiger partial charge in [0, 0.05) is 25.7 Å². The predicted octanol–water partition coefficient (Wildman–Crippen LogP) is 2.26. The fourth-order valence-corrected chi connectivity index (χ4v) is 1.69. The van der Waals surface area contributed by atoms with Crippen LogP contribution in [0.25, 0.3) is 0 Å². The van der Waals surface area contributed by atoms with Gasteiger partial charge in [0.05, 0.1) is 6.61 Å². The summed E-state index contributed by atoms with van der Waals surface area (Å²) < 4.78 is 5.22. The van der Waals surface area contributed by atoms with Crippen LogP contribution in [-0.2, 0) is 17.9 Å². The maximum absolute atomic E-state index is 5.22. The summed E-state index contributed by atoms with van der Waals surface area (Å²) >= 11 is 0. The summed E-state index contributed by atoms with van der Waals surface area (Å²) in [5.74, 6) is 0. The first-order chi connectivity index (χ1) is 8.47. The highest BCUT2D eigenvalue weighted by molar-refractivity contribution is 5.26. The van der Waals surface area contributed by atoms with Crippen LogP contribution in [0.1, 0.15) is 25.0 Å². The van der Waals surface area contributed by atoms with Crippen LogP contribution in [0.4, 0.5) is 0 Å². The summed E-state index contributed by atoms with van der Waals surface area (Å²) in [5.41, 5.74) is 2.74. The molecule has 102 valence electrons. The Kier molecular flexibility index (Phi) is 5.79. The van der Waals surface area contributed by atoms with E-state index in [9.17, 15) is 0 Å². The zero-order valence-electron chi connectivity index (χ0n) is 12.3. The minimum atomic E-state index is 0.163. The van der Waals surface area contributed by atoms with Crippen molar-refractivity contribution in [3.05, 3.63) is 35.4 Å². The number of likely N-dealkylation sites (N-methyl/N-ethyl adjacent to an activating group) is 1. The maximum Gasteiger partial charge on any atom is 0.0716 e. The summed E-state index contributed by atoms with van der Waals surface area (Å²) in [6.07, 6.45) is 0. The first-order valence-corrected chi connectivity index (χ1v) is 6.41. The summed E-state index contributed by atoms with van der Waals surface area (Å²) in [6, 6.07) is 8.41. The Morgan fingerprint density at radius 1 is 1.17 bits per heavy atom. The van der Waals surface area contributed by atoms with Crippen LogP contribution in [0.5, 0.6) is 0 Å². The summed E-state index contributed by atoms with van der Waals surface area (Å²) in [4.78, 5) is 2.24. The lowest BCUT2D eigenvalue weighted by Crippen LogP contribution is -2.46. The van der Waals surface area contributed by atoms with Crippen molar-refractivity contribution < 1.29 is 4.74 Å². The van der Waals surface area contributed by atoms with Crippen LogP contribution in [0.3, 0.4) is 0 Å². The molecule has 1 aromatic carbocycles. The fraction of sp³-hybridized carbons (Fsp3) is 0.600. The average Bonchev–Trinajstić information content (AvgIpc) is 2.31. The second-order valence-corrected chi connectivity index (χ2v) is 5.51. The number of nitrogens with zero attached hydrogens (tertiary/aromatic N) is 1. The zero-order chi connectivity index (χ0) is 13.6. The van der Waals surface area contributed by atoms with Crippen LogP contribution >= 0.6 is 0 Å². The first-order valence-electron chi connectivity index (χ1n) is 6.41. The van der Waals surface area contributed by atoms with Crippen LogP contribution in [-0.4, -0.2) is 38.2 Å². The van der Waals surface area contributed by atoms with Crippen LogP contribution < -0.4 is 5.32 Å². The number of methoxy groups -OCH3 is 1. The Labute approximate surface area is 111 Å². The van der Waals surface area contributed by atoms with E-state index in [0.29, 0.717) is 6.61 Å². The molecule has 3 nitrogen and oxygen atoms in total. The molecule has 0 aliphatic carbocycles. The third-order valence-corrected chi connectivity index (χ3v) is 3.50. The molecule has 1 aromatic rings. The van der Waals surface area contributed by atoms with Crippen molar-refractivity contribution in [1.29, 1.82) is 0 Å². The Hall–Kier alpha value is -0.900. The first kappa shape index (κ1) is 15.2. The molecule has 0 heterocycles. The largest absolute Gasteiger partial charge is 0.380 e. The smallest absolute Gasteiger partial charge is 0.0716 e. The van der Waals surface area contributed by atoms with Gasteiger partial charge in [-0.2, -0.15) is 0 Å². The topological polar surface area (TPSA) is 24.5 Å². The molecular weight excluding hydrogens is 224 g/mol. The van der Waals surface area contributed by atoms with Gasteiger partial charge < -0.3 is 15.0 Å². The van der Waals surface area contributed by atoms with E-state index in [4.69, 9.17) is 4.74 Å². The third-order valence-electron chi connectivity index (χ3n) is 3.50. The van der Waals surface area contributed by atoms with Crippen molar-refractivity contribution in [3.8, 4) is 0 Å². The van der Waals surface area contributed by atoms with Gasteiger partial charge in [-0.25, -0.2) is 0 Å².